The molecule has 0 unspecified atom stereocenters. The molecule has 1 saturated heterocycles. The van der Waals surface area contributed by atoms with Crippen LogP contribution in [0.25, 0.3) is 0 Å². The van der Waals surface area contributed by atoms with Crippen molar-refractivity contribution in [2.24, 2.45) is 0 Å². The Labute approximate surface area is 125 Å². The number of halogens is 1. The van der Waals surface area contributed by atoms with Gasteiger partial charge in [-0.2, -0.15) is 0 Å². The third kappa shape index (κ3) is 4.54. The first-order valence-electron chi connectivity index (χ1n) is 6.70. The summed E-state index contributed by atoms with van der Waals surface area (Å²) in [5.74, 6) is 1.02. The van der Waals surface area contributed by atoms with E-state index in [2.05, 4.69) is 24.7 Å². The summed E-state index contributed by atoms with van der Waals surface area (Å²) in [6, 6.07) is 0. The maximum absolute atomic E-state index is 5.40. The molecule has 0 bridgehead atoms. The van der Waals surface area contributed by atoms with Crippen LogP contribution in [0.15, 0.2) is 12.4 Å². The minimum absolute atomic E-state index is 0.0473. The molecule has 2 rings (SSSR count). The van der Waals surface area contributed by atoms with Crippen LogP contribution in [0.3, 0.4) is 0 Å². The van der Waals surface area contributed by atoms with Gasteiger partial charge in [-0.05, 0) is 6.92 Å². The molecule has 6 heteroatoms. The third-order valence-corrected chi connectivity index (χ3v) is 4.91. The first-order valence-corrected chi connectivity index (χ1v) is 9.93. The van der Waals surface area contributed by atoms with Gasteiger partial charge in [-0.1, -0.05) is 0 Å². The Morgan fingerprint density at radius 2 is 2.00 bits per heavy atom. The molecular formula is C13H22IN4O-. The van der Waals surface area contributed by atoms with E-state index in [1.807, 2.05) is 19.3 Å². The molecule has 19 heavy (non-hydrogen) atoms. The molecule has 5 nitrogen and oxygen atoms in total. The first kappa shape index (κ1) is 14.9. The quantitative estimate of drug-likeness (QED) is 0.312. The number of nitrogens with zero attached hydrogens (tertiary/aromatic N) is 4. The summed E-state index contributed by atoms with van der Waals surface area (Å²) in [5.41, 5.74) is 0. The molecule has 1 aromatic heterocycles. The summed E-state index contributed by atoms with van der Waals surface area (Å²) in [6.07, 6.45) is 3.86. The molecule has 0 N–H and O–H groups in total. The van der Waals surface area contributed by atoms with Gasteiger partial charge in [-0.3, -0.25) is 0 Å². The van der Waals surface area contributed by atoms with Crippen molar-refractivity contribution in [1.82, 2.24) is 14.9 Å². The van der Waals surface area contributed by atoms with Crippen molar-refractivity contribution < 1.29 is 25.9 Å². The van der Waals surface area contributed by atoms with Crippen molar-refractivity contribution in [2.75, 3.05) is 55.8 Å². The second kappa shape index (κ2) is 7.96. The van der Waals surface area contributed by atoms with Gasteiger partial charge >= 0.3 is 118 Å². The molecule has 1 aliphatic rings. The molecule has 0 atom stereocenters. The van der Waals surface area contributed by atoms with Gasteiger partial charge in [0.15, 0.2) is 0 Å². The van der Waals surface area contributed by atoms with Crippen LogP contribution in [0.2, 0.25) is 0 Å². The van der Waals surface area contributed by atoms with Gasteiger partial charge in [0.25, 0.3) is 0 Å². The van der Waals surface area contributed by atoms with Crippen LogP contribution in [-0.4, -0.2) is 65.7 Å². The number of alkyl halides is 1. The van der Waals surface area contributed by atoms with Crippen molar-refractivity contribution in [2.45, 2.75) is 6.92 Å². The summed E-state index contributed by atoms with van der Waals surface area (Å²) in [6.45, 7) is 8.94. The number of anilines is 1. The summed E-state index contributed by atoms with van der Waals surface area (Å²) in [7, 11) is 0. The number of hydrogen-bond acceptors (Lipinski definition) is 5. The van der Waals surface area contributed by atoms with Gasteiger partial charge in [0.2, 0.25) is 0 Å². The predicted molar refractivity (Wildman–Crippen MR) is 71.8 cm³/mol. The molecule has 1 fully saturated rings. The van der Waals surface area contributed by atoms with Crippen LogP contribution in [0.1, 0.15) is 6.92 Å². The molecule has 1 aromatic rings. The van der Waals surface area contributed by atoms with Crippen molar-refractivity contribution in [1.29, 1.82) is 0 Å². The van der Waals surface area contributed by atoms with Gasteiger partial charge in [0, 0.05) is 0 Å². The molecule has 108 valence electrons. The zero-order valence-corrected chi connectivity index (χ0v) is 13.8. The molecule has 0 aromatic carbocycles. The fraction of sp³-hybridized carbons (Fsp3) is 0.692. The van der Waals surface area contributed by atoms with Gasteiger partial charge in [0.1, 0.15) is 0 Å². The Morgan fingerprint density at radius 3 is 2.58 bits per heavy atom. The second-order valence-electron chi connectivity index (χ2n) is 4.41. The normalized spacial score (nSPS) is 17.1. The van der Waals surface area contributed by atoms with E-state index in [0.29, 0.717) is 0 Å². The summed E-state index contributed by atoms with van der Waals surface area (Å²) >= 11 is 0.0473. The van der Waals surface area contributed by atoms with E-state index >= 15 is 0 Å². The number of aromatic nitrogens is 2. The van der Waals surface area contributed by atoms with E-state index in [1.54, 1.807) is 0 Å². The molecule has 1 aliphatic heterocycles. The molecule has 2 heterocycles. The van der Waals surface area contributed by atoms with Gasteiger partial charge in [-0.15, -0.1) is 0 Å². The van der Waals surface area contributed by atoms with E-state index in [9.17, 15) is 0 Å². The number of hydrogen-bond donors (Lipinski definition) is 0. The third-order valence-electron chi connectivity index (χ3n) is 3.25. The van der Waals surface area contributed by atoms with Crippen molar-refractivity contribution >= 4 is 5.82 Å². The molecule has 0 spiro atoms. The van der Waals surface area contributed by atoms with Crippen LogP contribution in [0, 0.1) is 3.70 Å². The Kier molecular flexibility index (Phi) is 6.25. The number of piperazine rings is 1. The summed E-state index contributed by atoms with van der Waals surface area (Å²) in [4.78, 5) is 16.0. The van der Waals surface area contributed by atoms with E-state index in [4.69, 9.17) is 4.74 Å². The second-order valence-corrected chi connectivity index (χ2v) is 6.60. The summed E-state index contributed by atoms with van der Waals surface area (Å²) < 4.78 is 6.56. The monoisotopic (exact) mass is 377 g/mol. The van der Waals surface area contributed by atoms with E-state index in [-0.39, 0.29) is 21.2 Å². The van der Waals surface area contributed by atoms with Crippen molar-refractivity contribution in [3.8, 4) is 0 Å². The average Bonchev–Trinajstić information content (AvgIpc) is 2.48. The van der Waals surface area contributed by atoms with Gasteiger partial charge in [-0.25, -0.2) is 0 Å². The van der Waals surface area contributed by atoms with E-state index < -0.39 is 0 Å². The zero-order valence-electron chi connectivity index (χ0n) is 11.7. The SMILES string of the molecule is CCOCCN1CCN(c2cnc([I-]C)cn2)CC1. The Bertz CT molecular complexity index is 365. The fourth-order valence-corrected chi connectivity index (χ4v) is 2.94. The predicted octanol–water partition coefficient (Wildman–Crippen LogP) is -2.48. The standard InChI is InChI=1S/C13H22IN4O/c1-3-19-9-8-17-4-6-18(7-5-17)13-11-15-12(14-2)10-16-13/h10-11H,3-9H2,1-2H3/q-1. The average molecular weight is 377 g/mol. The van der Waals surface area contributed by atoms with Crippen molar-refractivity contribution in [3.63, 3.8) is 0 Å². The summed E-state index contributed by atoms with van der Waals surface area (Å²) in [5, 5.41) is 0. The molecule has 0 saturated carbocycles. The van der Waals surface area contributed by atoms with E-state index in [0.717, 1.165) is 55.5 Å². The van der Waals surface area contributed by atoms with Crippen LogP contribution >= 0.6 is 0 Å². The van der Waals surface area contributed by atoms with Crippen LogP contribution in [0.5, 0.6) is 0 Å². The number of ether oxygens (including phenoxy) is 1. The van der Waals surface area contributed by atoms with Gasteiger partial charge < -0.3 is 0 Å². The maximum atomic E-state index is 5.40. The number of rotatable bonds is 6. The Morgan fingerprint density at radius 1 is 1.21 bits per heavy atom. The first-order chi connectivity index (χ1) is 9.33. The topological polar surface area (TPSA) is 41.5 Å². The van der Waals surface area contributed by atoms with E-state index in [1.165, 1.54) is 0 Å². The minimum atomic E-state index is 0.0473. The fourth-order valence-electron chi connectivity index (χ4n) is 2.10. The van der Waals surface area contributed by atoms with Crippen LogP contribution in [0.4, 0.5) is 5.82 Å². The zero-order chi connectivity index (χ0) is 13.5. The Hall–Kier alpha value is -0.470. The molecule has 0 amide bonds. The molecular weight excluding hydrogens is 355 g/mol. The van der Waals surface area contributed by atoms with Gasteiger partial charge in [0.05, 0.1) is 0 Å². The van der Waals surface area contributed by atoms with Crippen LogP contribution in [-0.2, 0) is 4.74 Å². The van der Waals surface area contributed by atoms with Crippen LogP contribution < -0.4 is 26.1 Å². The Balaban J connectivity index is 1.78. The molecule has 0 aliphatic carbocycles. The molecule has 0 radical (unpaired) electrons. The van der Waals surface area contributed by atoms with Crippen molar-refractivity contribution in [3.05, 3.63) is 16.1 Å².